The summed E-state index contributed by atoms with van der Waals surface area (Å²) in [6, 6.07) is 0. The molecule has 2 aliphatic rings. The van der Waals surface area contributed by atoms with Gasteiger partial charge in [0.2, 0.25) is 0 Å². The molecule has 0 heterocycles. The molecule has 0 amide bonds. The Kier molecular flexibility index (Phi) is 4.17. The minimum absolute atomic E-state index is 0.0701. The number of carbonyl (C=O) groups excluding carboxylic acids is 2. The summed E-state index contributed by atoms with van der Waals surface area (Å²) in [5.74, 6) is 0.832. The van der Waals surface area contributed by atoms with Gasteiger partial charge in [0.1, 0.15) is 6.61 Å². The van der Waals surface area contributed by atoms with Gasteiger partial charge in [0.05, 0.1) is 0 Å². The van der Waals surface area contributed by atoms with E-state index in [0.29, 0.717) is 29.4 Å². The second-order valence-corrected chi connectivity index (χ2v) is 6.46. The van der Waals surface area contributed by atoms with Crippen molar-refractivity contribution in [2.75, 3.05) is 6.61 Å². The standard InChI is InChI=1S/C17H24O3/c1-11(10-20-13(3)18)15-9-17(4)12(2)6-5-7-14(17)8-16(15)19/h9,12,14H,1,5-8,10H2,2-4H3/t12-,14+,17+/m1/s1. The third-order valence-electron chi connectivity index (χ3n) is 5.15. The maximum absolute atomic E-state index is 12.3. The van der Waals surface area contributed by atoms with E-state index in [4.69, 9.17) is 4.74 Å². The molecule has 110 valence electrons. The van der Waals surface area contributed by atoms with Crippen LogP contribution in [0.3, 0.4) is 0 Å². The average molecular weight is 276 g/mol. The van der Waals surface area contributed by atoms with Crippen molar-refractivity contribution in [3.8, 4) is 0 Å². The molecule has 0 aromatic carbocycles. The maximum atomic E-state index is 12.3. The predicted molar refractivity (Wildman–Crippen MR) is 78.1 cm³/mol. The van der Waals surface area contributed by atoms with Crippen LogP contribution in [-0.4, -0.2) is 18.4 Å². The highest BCUT2D eigenvalue weighted by atomic mass is 16.5. The van der Waals surface area contributed by atoms with Crippen molar-refractivity contribution in [1.82, 2.24) is 0 Å². The van der Waals surface area contributed by atoms with E-state index in [1.165, 1.54) is 19.8 Å². The van der Waals surface area contributed by atoms with Crippen LogP contribution in [0.4, 0.5) is 0 Å². The molecule has 0 unspecified atom stereocenters. The molecule has 3 heteroatoms. The molecule has 0 spiro atoms. The first-order valence-electron chi connectivity index (χ1n) is 7.42. The van der Waals surface area contributed by atoms with Gasteiger partial charge in [-0.3, -0.25) is 9.59 Å². The summed E-state index contributed by atoms with van der Waals surface area (Å²) >= 11 is 0. The van der Waals surface area contributed by atoms with Gasteiger partial charge >= 0.3 is 5.97 Å². The van der Waals surface area contributed by atoms with E-state index in [9.17, 15) is 9.59 Å². The second kappa shape index (κ2) is 5.55. The largest absolute Gasteiger partial charge is 0.461 e. The third kappa shape index (κ3) is 2.72. The molecule has 20 heavy (non-hydrogen) atoms. The van der Waals surface area contributed by atoms with Crippen molar-refractivity contribution in [3.05, 3.63) is 23.8 Å². The number of rotatable bonds is 3. The molecule has 0 radical (unpaired) electrons. The fourth-order valence-electron chi connectivity index (χ4n) is 3.57. The molecule has 2 rings (SSSR count). The van der Waals surface area contributed by atoms with Crippen molar-refractivity contribution < 1.29 is 14.3 Å². The summed E-state index contributed by atoms with van der Waals surface area (Å²) in [4.78, 5) is 23.2. The second-order valence-electron chi connectivity index (χ2n) is 6.46. The van der Waals surface area contributed by atoms with E-state index in [1.54, 1.807) is 0 Å². The van der Waals surface area contributed by atoms with Crippen molar-refractivity contribution >= 4 is 11.8 Å². The molecule has 3 nitrogen and oxygen atoms in total. The van der Waals surface area contributed by atoms with Gasteiger partial charge in [-0.1, -0.05) is 32.9 Å². The SMILES string of the molecule is C=C(COC(C)=O)C1=C[C@]2(C)[C@@H](CCC[C@H]2C)CC1=O. The normalized spacial score (nSPS) is 33.1. The Balaban J connectivity index is 2.23. The first-order valence-corrected chi connectivity index (χ1v) is 7.42. The molecule has 3 atom stereocenters. The van der Waals surface area contributed by atoms with Crippen LogP contribution in [0, 0.1) is 17.3 Å². The van der Waals surface area contributed by atoms with Gasteiger partial charge in [-0.25, -0.2) is 0 Å². The smallest absolute Gasteiger partial charge is 0.302 e. The van der Waals surface area contributed by atoms with Gasteiger partial charge in [0.15, 0.2) is 5.78 Å². The molecule has 2 aliphatic carbocycles. The van der Waals surface area contributed by atoms with Crippen molar-refractivity contribution in [3.63, 3.8) is 0 Å². The van der Waals surface area contributed by atoms with Crippen LogP contribution < -0.4 is 0 Å². The Hall–Kier alpha value is -1.38. The minimum atomic E-state index is -0.342. The van der Waals surface area contributed by atoms with E-state index >= 15 is 0 Å². The lowest BCUT2D eigenvalue weighted by Gasteiger charge is -2.47. The monoisotopic (exact) mass is 276 g/mol. The number of fused-ring (bicyclic) bond motifs is 1. The zero-order valence-electron chi connectivity index (χ0n) is 12.7. The number of allylic oxidation sites excluding steroid dienone is 1. The predicted octanol–water partition coefficient (Wildman–Crippen LogP) is 3.45. The average Bonchev–Trinajstić information content (AvgIpc) is 2.38. The molecular weight excluding hydrogens is 252 g/mol. The van der Waals surface area contributed by atoms with E-state index in [1.807, 2.05) is 0 Å². The summed E-state index contributed by atoms with van der Waals surface area (Å²) in [6.45, 7) is 9.93. The first-order chi connectivity index (χ1) is 9.34. The summed E-state index contributed by atoms with van der Waals surface area (Å²) in [5.41, 5.74) is 1.38. The number of carbonyl (C=O) groups is 2. The van der Waals surface area contributed by atoms with Crippen molar-refractivity contribution in [1.29, 1.82) is 0 Å². The Morgan fingerprint density at radius 3 is 2.85 bits per heavy atom. The van der Waals surface area contributed by atoms with Crippen LogP contribution in [0.5, 0.6) is 0 Å². The van der Waals surface area contributed by atoms with E-state index < -0.39 is 0 Å². The van der Waals surface area contributed by atoms with Gasteiger partial charge in [-0.2, -0.15) is 0 Å². The van der Waals surface area contributed by atoms with Crippen LogP contribution in [0.15, 0.2) is 23.8 Å². The van der Waals surface area contributed by atoms with Gasteiger partial charge in [-0.05, 0) is 35.7 Å². The fourth-order valence-corrected chi connectivity index (χ4v) is 3.57. The Labute approximate surface area is 121 Å². The summed E-state index contributed by atoms with van der Waals surface area (Å²) < 4.78 is 4.97. The van der Waals surface area contributed by atoms with E-state index in [-0.39, 0.29) is 23.8 Å². The van der Waals surface area contributed by atoms with Crippen LogP contribution in [-0.2, 0) is 14.3 Å². The zero-order chi connectivity index (χ0) is 14.9. The van der Waals surface area contributed by atoms with Gasteiger partial charge in [-0.15, -0.1) is 0 Å². The summed E-state index contributed by atoms with van der Waals surface area (Å²) in [5, 5.41) is 0. The van der Waals surface area contributed by atoms with Gasteiger partial charge in [0.25, 0.3) is 0 Å². The molecule has 0 N–H and O–H groups in total. The van der Waals surface area contributed by atoms with Crippen LogP contribution in [0.1, 0.15) is 46.5 Å². The molecule has 0 aromatic heterocycles. The molecule has 1 fully saturated rings. The lowest BCUT2D eigenvalue weighted by atomic mass is 9.57. The lowest BCUT2D eigenvalue weighted by Crippen LogP contribution is -2.41. The first kappa shape index (κ1) is 15.0. The van der Waals surface area contributed by atoms with Gasteiger partial charge in [0, 0.05) is 18.9 Å². The van der Waals surface area contributed by atoms with E-state index in [0.717, 1.165) is 6.42 Å². The Morgan fingerprint density at radius 1 is 1.50 bits per heavy atom. The molecular formula is C17H24O3. The molecule has 0 aliphatic heterocycles. The van der Waals surface area contributed by atoms with Gasteiger partial charge < -0.3 is 4.74 Å². The minimum Gasteiger partial charge on any atom is -0.461 e. The summed E-state index contributed by atoms with van der Waals surface area (Å²) in [6.07, 6.45) is 6.27. The molecule has 0 saturated heterocycles. The van der Waals surface area contributed by atoms with E-state index in [2.05, 4.69) is 26.5 Å². The number of ether oxygens (including phenoxy) is 1. The quantitative estimate of drug-likeness (QED) is 0.742. The maximum Gasteiger partial charge on any atom is 0.302 e. The Morgan fingerprint density at radius 2 is 2.20 bits per heavy atom. The molecule has 1 saturated carbocycles. The van der Waals surface area contributed by atoms with Crippen molar-refractivity contribution in [2.24, 2.45) is 17.3 Å². The molecule has 0 bridgehead atoms. The Bertz CT molecular complexity index is 475. The lowest BCUT2D eigenvalue weighted by molar-refractivity contribution is -0.140. The topological polar surface area (TPSA) is 43.4 Å². The number of esters is 1. The highest BCUT2D eigenvalue weighted by Gasteiger charge is 2.44. The van der Waals surface area contributed by atoms with Crippen LogP contribution in [0.25, 0.3) is 0 Å². The van der Waals surface area contributed by atoms with Crippen molar-refractivity contribution in [2.45, 2.75) is 46.5 Å². The van der Waals surface area contributed by atoms with Crippen LogP contribution in [0.2, 0.25) is 0 Å². The summed E-state index contributed by atoms with van der Waals surface area (Å²) in [7, 11) is 0. The zero-order valence-corrected chi connectivity index (χ0v) is 12.7. The fraction of sp³-hybridized carbons (Fsp3) is 0.647. The third-order valence-corrected chi connectivity index (χ3v) is 5.15. The number of Topliss-reactive ketones (excluding diaryl/α,β-unsaturated/α-hetero) is 1. The van der Waals surface area contributed by atoms with Crippen LogP contribution >= 0.6 is 0 Å². The number of ketones is 1. The number of hydrogen-bond acceptors (Lipinski definition) is 3. The highest BCUT2D eigenvalue weighted by Crippen LogP contribution is 2.51. The molecule has 0 aromatic rings. The number of hydrogen-bond donors (Lipinski definition) is 0. The highest BCUT2D eigenvalue weighted by molar-refractivity contribution is 6.00.